The number of benzene rings is 2. The minimum Gasteiger partial charge on any atom is -0.252 e. The zero-order valence-corrected chi connectivity index (χ0v) is 11.3. The van der Waals surface area contributed by atoms with Crippen molar-refractivity contribution in [3.05, 3.63) is 65.2 Å². The molecule has 0 aliphatic heterocycles. The lowest BCUT2D eigenvalue weighted by Gasteiger charge is -2.18. The second-order valence-electron chi connectivity index (χ2n) is 5.08. The minimum absolute atomic E-state index is 0.00305. The standard InChI is InChI=1S/C17H14F3N/c18-17(19,20)14-9-3-4-10-16(14)21-15-11-5-7-12-6-1-2-8-13(12)15/h1-4,6,8-10H,5,7,11H2/b21-15+. The Morgan fingerprint density at radius 1 is 0.857 bits per heavy atom. The number of nitrogens with zero attached hydrogens (tertiary/aromatic N) is 1. The van der Waals surface area contributed by atoms with E-state index in [0.29, 0.717) is 6.42 Å². The van der Waals surface area contributed by atoms with Crippen LogP contribution in [0.5, 0.6) is 0 Å². The van der Waals surface area contributed by atoms with Crippen molar-refractivity contribution in [3.63, 3.8) is 0 Å². The molecule has 2 aromatic rings. The quantitative estimate of drug-likeness (QED) is 0.687. The molecule has 0 N–H and O–H groups in total. The van der Waals surface area contributed by atoms with Gasteiger partial charge in [-0.3, -0.25) is 4.99 Å². The first-order valence-electron chi connectivity index (χ1n) is 6.88. The smallest absolute Gasteiger partial charge is 0.252 e. The lowest BCUT2D eigenvalue weighted by atomic mass is 9.90. The van der Waals surface area contributed by atoms with Crippen LogP contribution >= 0.6 is 0 Å². The number of aliphatic imine (C=N–C) groups is 1. The predicted molar refractivity (Wildman–Crippen MR) is 77.0 cm³/mol. The third kappa shape index (κ3) is 2.84. The van der Waals surface area contributed by atoms with E-state index in [-0.39, 0.29) is 5.69 Å². The molecule has 0 fully saturated rings. The molecule has 3 rings (SSSR count). The maximum atomic E-state index is 13.0. The zero-order chi connectivity index (χ0) is 14.9. The van der Waals surface area contributed by atoms with E-state index < -0.39 is 11.7 Å². The third-order valence-corrected chi connectivity index (χ3v) is 3.65. The first-order chi connectivity index (χ1) is 10.1. The molecule has 1 aliphatic rings. The normalized spacial score (nSPS) is 16.8. The van der Waals surface area contributed by atoms with Crippen LogP contribution in [0.15, 0.2) is 53.5 Å². The molecule has 0 atom stereocenters. The summed E-state index contributed by atoms with van der Waals surface area (Å²) in [5.74, 6) is 0. The van der Waals surface area contributed by atoms with E-state index in [1.54, 1.807) is 6.07 Å². The van der Waals surface area contributed by atoms with Gasteiger partial charge >= 0.3 is 6.18 Å². The van der Waals surface area contributed by atoms with Gasteiger partial charge in [0.2, 0.25) is 0 Å². The highest BCUT2D eigenvalue weighted by molar-refractivity contribution is 6.04. The molecule has 0 spiro atoms. The van der Waals surface area contributed by atoms with Crippen LogP contribution in [0.2, 0.25) is 0 Å². The molecule has 0 saturated heterocycles. The van der Waals surface area contributed by atoms with Crippen molar-refractivity contribution in [2.24, 2.45) is 4.99 Å². The maximum Gasteiger partial charge on any atom is 0.418 e. The molecule has 0 saturated carbocycles. The Bertz CT molecular complexity index is 686. The highest BCUT2D eigenvalue weighted by Gasteiger charge is 2.33. The topological polar surface area (TPSA) is 12.4 Å². The van der Waals surface area contributed by atoms with Crippen LogP contribution in [-0.2, 0) is 12.6 Å². The summed E-state index contributed by atoms with van der Waals surface area (Å²) in [7, 11) is 0. The van der Waals surface area contributed by atoms with Crippen molar-refractivity contribution in [1.82, 2.24) is 0 Å². The fraction of sp³-hybridized carbons (Fsp3) is 0.235. The van der Waals surface area contributed by atoms with Crippen LogP contribution in [0.4, 0.5) is 18.9 Å². The molecular formula is C17H14F3N. The van der Waals surface area contributed by atoms with Gasteiger partial charge in [-0.1, -0.05) is 36.4 Å². The Hall–Kier alpha value is -2.10. The van der Waals surface area contributed by atoms with Gasteiger partial charge in [-0.05, 0) is 42.5 Å². The Morgan fingerprint density at radius 2 is 1.57 bits per heavy atom. The number of hydrogen-bond acceptors (Lipinski definition) is 1. The summed E-state index contributed by atoms with van der Waals surface area (Å²) in [6.07, 6.45) is -1.79. The second-order valence-corrected chi connectivity index (χ2v) is 5.08. The van der Waals surface area contributed by atoms with Gasteiger partial charge in [-0.25, -0.2) is 0 Å². The second kappa shape index (κ2) is 5.35. The van der Waals surface area contributed by atoms with Gasteiger partial charge in [-0.15, -0.1) is 0 Å². The van der Waals surface area contributed by atoms with Gasteiger partial charge in [0.1, 0.15) is 0 Å². The fourth-order valence-electron chi connectivity index (χ4n) is 2.67. The van der Waals surface area contributed by atoms with Gasteiger partial charge in [0, 0.05) is 5.71 Å². The minimum atomic E-state index is -4.38. The number of aryl methyl sites for hydroxylation is 1. The summed E-state index contributed by atoms with van der Waals surface area (Å²) < 4.78 is 39.1. The summed E-state index contributed by atoms with van der Waals surface area (Å²) in [5, 5.41) is 0. The summed E-state index contributed by atoms with van der Waals surface area (Å²) in [6.45, 7) is 0. The van der Waals surface area contributed by atoms with Crippen molar-refractivity contribution in [1.29, 1.82) is 0 Å². The van der Waals surface area contributed by atoms with Crippen molar-refractivity contribution < 1.29 is 13.2 Å². The number of para-hydroxylation sites is 1. The van der Waals surface area contributed by atoms with Crippen molar-refractivity contribution in [2.45, 2.75) is 25.4 Å². The number of rotatable bonds is 1. The molecule has 0 unspecified atom stereocenters. The van der Waals surface area contributed by atoms with Gasteiger partial charge in [-0.2, -0.15) is 13.2 Å². The molecule has 21 heavy (non-hydrogen) atoms. The predicted octanol–water partition coefficient (Wildman–Crippen LogP) is 5.16. The Morgan fingerprint density at radius 3 is 2.38 bits per heavy atom. The van der Waals surface area contributed by atoms with Crippen LogP contribution in [0.25, 0.3) is 0 Å². The van der Waals surface area contributed by atoms with E-state index in [1.807, 2.05) is 24.3 Å². The zero-order valence-electron chi connectivity index (χ0n) is 11.3. The molecule has 2 aromatic carbocycles. The Labute approximate surface area is 121 Å². The molecular weight excluding hydrogens is 275 g/mol. The maximum absolute atomic E-state index is 13.0. The van der Waals surface area contributed by atoms with Gasteiger partial charge in [0.05, 0.1) is 11.3 Å². The van der Waals surface area contributed by atoms with Crippen molar-refractivity contribution >= 4 is 11.4 Å². The summed E-state index contributed by atoms with van der Waals surface area (Å²) in [6, 6.07) is 13.3. The SMILES string of the molecule is FC(F)(F)c1ccccc1/N=C1\CCCc2ccccc21. The Kier molecular flexibility index (Phi) is 3.53. The van der Waals surface area contributed by atoms with E-state index in [0.717, 1.165) is 35.7 Å². The van der Waals surface area contributed by atoms with Crippen LogP contribution < -0.4 is 0 Å². The van der Waals surface area contributed by atoms with Crippen molar-refractivity contribution in [3.8, 4) is 0 Å². The van der Waals surface area contributed by atoms with Crippen LogP contribution in [0, 0.1) is 0 Å². The van der Waals surface area contributed by atoms with Crippen molar-refractivity contribution in [2.75, 3.05) is 0 Å². The average Bonchev–Trinajstić information content (AvgIpc) is 2.47. The monoisotopic (exact) mass is 289 g/mol. The molecule has 0 heterocycles. The van der Waals surface area contributed by atoms with Gasteiger partial charge in [0.25, 0.3) is 0 Å². The number of alkyl halides is 3. The first kappa shape index (κ1) is 13.9. The van der Waals surface area contributed by atoms with E-state index in [2.05, 4.69) is 4.99 Å². The number of fused-ring (bicyclic) bond motifs is 1. The lowest BCUT2D eigenvalue weighted by Crippen LogP contribution is -2.12. The number of halogens is 3. The highest BCUT2D eigenvalue weighted by Crippen LogP contribution is 2.37. The fourth-order valence-corrected chi connectivity index (χ4v) is 2.67. The van der Waals surface area contributed by atoms with Gasteiger partial charge < -0.3 is 0 Å². The molecule has 0 aromatic heterocycles. The molecule has 1 aliphatic carbocycles. The van der Waals surface area contributed by atoms with E-state index in [4.69, 9.17) is 0 Å². The highest BCUT2D eigenvalue weighted by atomic mass is 19.4. The number of hydrogen-bond donors (Lipinski definition) is 0. The summed E-state index contributed by atoms with van der Waals surface area (Å²) in [4.78, 5) is 4.32. The molecule has 0 radical (unpaired) electrons. The molecule has 1 nitrogen and oxygen atoms in total. The lowest BCUT2D eigenvalue weighted by molar-refractivity contribution is -0.137. The Balaban J connectivity index is 2.09. The molecule has 108 valence electrons. The van der Waals surface area contributed by atoms with E-state index in [9.17, 15) is 13.2 Å². The summed E-state index contributed by atoms with van der Waals surface area (Å²) in [5.41, 5.74) is 2.19. The van der Waals surface area contributed by atoms with E-state index in [1.165, 1.54) is 12.1 Å². The van der Waals surface area contributed by atoms with Gasteiger partial charge in [0.15, 0.2) is 0 Å². The largest absolute Gasteiger partial charge is 0.418 e. The van der Waals surface area contributed by atoms with Crippen LogP contribution in [-0.4, -0.2) is 5.71 Å². The van der Waals surface area contributed by atoms with Crippen LogP contribution in [0.1, 0.15) is 29.5 Å². The van der Waals surface area contributed by atoms with Crippen LogP contribution in [0.3, 0.4) is 0 Å². The third-order valence-electron chi connectivity index (χ3n) is 3.65. The average molecular weight is 289 g/mol. The molecule has 0 bridgehead atoms. The summed E-state index contributed by atoms with van der Waals surface area (Å²) >= 11 is 0. The first-order valence-corrected chi connectivity index (χ1v) is 6.88. The molecule has 0 amide bonds. The van der Waals surface area contributed by atoms with E-state index >= 15 is 0 Å². The molecule has 4 heteroatoms.